The van der Waals surface area contributed by atoms with E-state index in [1.54, 1.807) is 0 Å². The Hall–Kier alpha value is -2.01. The summed E-state index contributed by atoms with van der Waals surface area (Å²) >= 11 is 0. The van der Waals surface area contributed by atoms with Crippen LogP contribution >= 0.6 is 0 Å². The van der Waals surface area contributed by atoms with Crippen LogP contribution in [0.15, 0.2) is 30.5 Å². The number of amides is 1. The van der Waals surface area contributed by atoms with E-state index in [2.05, 4.69) is 16.4 Å². The second kappa shape index (κ2) is 6.18. The average molecular weight is 289 g/mol. The molecule has 1 heterocycles. The summed E-state index contributed by atoms with van der Waals surface area (Å²) in [6.07, 6.45) is 2.20. The standard InChI is InChI=1S/C16H23N3O2/c1-16(2,3)21-15(20)19-12(9-17)8-11-10-18-14-7-5-4-6-13(11)14/h4-7,10,12,18H,8-9,17H2,1-3H3,(H,19,20). The molecule has 1 amide bonds. The van der Waals surface area contributed by atoms with Crippen molar-refractivity contribution in [2.24, 2.45) is 5.73 Å². The van der Waals surface area contributed by atoms with E-state index in [9.17, 15) is 4.79 Å². The molecule has 1 aromatic carbocycles. The molecular weight excluding hydrogens is 266 g/mol. The first kappa shape index (κ1) is 15.4. The van der Waals surface area contributed by atoms with Crippen molar-refractivity contribution in [2.45, 2.75) is 38.8 Å². The molecule has 5 nitrogen and oxygen atoms in total. The highest BCUT2D eigenvalue weighted by atomic mass is 16.6. The van der Waals surface area contributed by atoms with Crippen LogP contribution in [0.25, 0.3) is 10.9 Å². The predicted molar refractivity (Wildman–Crippen MR) is 84.2 cm³/mol. The van der Waals surface area contributed by atoms with Crippen molar-refractivity contribution in [1.29, 1.82) is 0 Å². The number of hydrogen-bond donors (Lipinski definition) is 3. The molecule has 2 rings (SSSR count). The van der Waals surface area contributed by atoms with Crippen LogP contribution in [0, 0.1) is 0 Å². The topological polar surface area (TPSA) is 80.1 Å². The number of alkyl carbamates (subject to hydrolysis) is 1. The average Bonchev–Trinajstić information content (AvgIpc) is 2.79. The minimum atomic E-state index is -0.510. The van der Waals surface area contributed by atoms with Crippen molar-refractivity contribution in [1.82, 2.24) is 10.3 Å². The summed E-state index contributed by atoms with van der Waals surface area (Å²) < 4.78 is 5.26. The number of rotatable bonds is 4. The Balaban J connectivity index is 2.04. The lowest BCUT2D eigenvalue weighted by molar-refractivity contribution is 0.0506. The fourth-order valence-corrected chi connectivity index (χ4v) is 2.23. The third-order valence-corrected chi connectivity index (χ3v) is 3.15. The number of H-pyrrole nitrogens is 1. The molecule has 0 fully saturated rings. The fraction of sp³-hybridized carbons (Fsp3) is 0.438. The summed E-state index contributed by atoms with van der Waals surface area (Å²) in [5.41, 5.74) is 7.48. The number of ether oxygens (including phenoxy) is 1. The highest BCUT2D eigenvalue weighted by Gasteiger charge is 2.19. The van der Waals surface area contributed by atoms with Crippen LogP contribution in [0.2, 0.25) is 0 Å². The van der Waals surface area contributed by atoms with Crippen LogP contribution < -0.4 is 11.1 Å². The number of benzene rings is 1. The monoisotopic (exact) mass is 289 g/mol. The molecule has 0 aliphatic carbocycles. The van der Waals surface area contributed by atoms with Gasteiger partial charge in [-0.1, -0.05) is 18.2 Å². The summed E-state index contributed by atoms with van der Waals surface area (Å²) in [6.45, 7) is 5.87. The molecule has 0 saturated carbocycles. The van der Waals surface area contributed by atoms with Gasteiger partial charge in [-0.15, -0.1) is 0 Å². The molecule has 0 bridgehead atoms. The van der Waals surface area contributed by atoms with Gasteiger partial charge in [-0.2, -0.15) is 0 Å². The molecule has 0 radical (unpaired) electrons. The number of carbonyl (C=O) groups is 1. The van der Waals surface area contributed by atoms with Crippen molar-refractivity contribution < 1.29 is 9.53 Å². The van der Waals surface area contributed by atoms with Crippen LogP contribution in [0.5, 0.6) is 0 Å². The maximum atomic E-state index is 11.8. The number of fused-ring (bicyclic) bond motifs is 1. The predicted octanol–water partition coefficient (Wildman–Crippen LogP) is 2.56. The second-order valence-corrected chi connectivity index (χ2v) is 6.14. The van der Waals surface area contributed by atoms with Gasteiger partial charge in [0, 0.05) is 29.7 Å². The molecule has 1 unspecified atom stereocenters. The van der Waals surface area contributed by atoms with Gasteiger partial charge < -0.3 is 20.8 Å². The third-order valence-electron chi connectivity index (χ3n) is 3.15. The van der Waals surface area contributed by atoms with Gasteiger partial charge in [-0.25, -0.2) is 4.79 Å². The molecule has 114 valence electrons. The van der Waals surface area contributed by atoms with Crippen molar-refractivity contribution in [3.05, 3.63) is 36.0 Å². The first-order chi connectivity index (χ1) is 9.89. The van der Waals surface area contributed by atoms with Gasteiger partial charge in [0.15, 0.2) is 0 Å². The van der Waals surface area contributed by atoms with E-state index in [4.69, 9.17) is 10.5 Å². The van der Waals surface area contributed by atoms with Gasteiger partial charge in [0.05, 0.1) is 0 Å². The largest absolute Gasteiger partial charge is 0.444 e. The van der Waals surface area contributed by atoms with Gasteiger partial charge in [0.2, 0.25) is 0 Å². The lowest BCUT2D eigenvalue weighted by Crippen LogP contribution is -2.44. The molecule has 0 aliphatic heterocycles. The third kappa shape index (κ3) is 4.23. The molecule has 1 aromatic heterocycles. The summed E-state index contributed by atoms with van der Waals surface area (Å²) in [5, 5.41) is 3.98. The Morgan fingerprint density at radius 3 is 2.76 bits per heavy atom. The number of nitrogens with one attached hydrogen (secondary N) is 2. The van der Waals surface area contributed by atoms with E-state index >= 15 is 0 Å². The normalized spacial score (nSPS) is 13.1. The van der Waals surface area contributed by atoms with Crippen molar-refractivity contribution in [3.8, 4) is 0 Å². The van der Waals surface area contributed by atoms with Crippen molar-refractivity contribution in [3.63, 3.8) is 0 Å². The number of para-hydroxylation sites is 1. The Kier molecular flexibility index (Phi) is 4.53. The molecular formula is C16H23N3O2. The molecule has 2 aromatic rings. The van der Waals surface area contributed by atoms with Crippen LogP contribution in [-0.4, -0.2) is 29.3 Å². The number of aromatic amines is 1. The Bertz CT molecular complexity index is 613. The number of aromatic nitrogens is 1. The molecule has 21 heavy (non-hydrogen) atoms. The van der Waals surface area contributed by atoms with Gasteiger partial charge in [0.1, 0.15) is 5.60 Å². The van der Waals surface area contributed by atoms with E-state index in [0.717, 1.165) is 16.5 Å². The maximum Gasteiger partial charge on any atom is 0.407 e. The molecule has 5 heteroatoms. The van der Waals surface area contributed by atoms with E-state index < -0.39 is 11.7 Å². The molecule has 4 N–H and O–H groups in total. The minimum absolute atomic E-state index is 0.154. The van der Waals surface area contributed by atoms with E-state index in [-0.39, 0.29) is 6.04 Å². The highest BCUT2D eigenvalue weighted by Crippen LogP contribution is 2.19. The van der Waals surface area contributed by atoms with E-state index in [1.165, 1.54) is 0 Å². The lowest BCUT2D eigenvalue weighted by atomic mass is 10.1. The van der Waals surface area contributed by atoms with Gasteiger partial charge in [-0.3, -0.25) is 0 Å². The Morgan fingerprint density at radius 2 is 2.10 bits per heavy atom. The fourth-order valence-electron chi connectivity index (χ4n) is 2.23. The zero-order chi connectivity index (χ0) is 15.5. The first-order valence-electron chi connectivity index (χ1n) is 7.13. The van der Waals surface area contributed by atoms with Gasteiger partial charge in [0.25, 0.3) is 0 Å². The smallest absolute Gasteiger partial charge is 0.407 e. The minimum Gasteiger partial charge on any atom is -0.444 e. The van der Waals surface area contributed by atoms with Crippen LogP contribution in [0.4, 0.5) is 4.79 Å². The number of nitrogens with two attached hydrogens (primary N) is 1. The molecule has 0 spiro atoms. The zero-order valence-electron chi connectivity index (χ0n) is 12.8. The molecule has 1 atom stereocenters. The quantitative estimate of drug-likeness (QED) is 0.809. The van der Waals surface area contributed by atoms with Crippen molar-refractivity contribution >= 4 is 17.0 Å². The molecule has 0 saturated heterocycles. The zero-order valence-corrected chi connectivity index (χ0v) is 12.8. The van der Waals surface area contributed by atoms with E-state index in [0.29, 0.717) is 13.0 Å². The lowest BCUT2D eigenvalue weighted by Gasteiger charge is -2.23. The SMILES string of the molecule is CC(C)(C)OC(=O)NC(CN)Cc1c[nH]c2ccccc12. The van der Waals surface area contributed by atoms with Crippen LogP contribution in [0.1, 0.15) is 26.3 Å². The van der Waals surface area contributed by atoms with Crippen LogP contribution in [-0.2, 0) is 11.2 Å². The Labute approximate surface area is 124 Å². The summed E-state index contributed by atoms with van der Waals surface area (Å²) in [6, 6.07) is 7.92. The second-order valence-electron chi connectivity index (χ2n) is 6.14. The first-order valence-corrected chi connectivity index (χ1v) is 7.13. The summed E-state index contributed by atoms with van der Waals surface area (Å²) in [7, 11) is 0. The molecule has 0 aliphatic rings. The van der Waals surface area contributed by atoms with Crippen molar-refractivity contribution in [2.75, 3.05) is 6.54 Å². The van der Waals surface area contributed by atoms with E-state index in [1.807, 2.05) is 45.2 Å². The number of carbonyl (C=O) groups excluding carboxylic acids is 1. The number of hydrogen-bond acceptors (Lipinski definition) is 3. The Morgan fingerprint density at radius 1 is 1.38 bits per heavy atom. The summed E-state index contributed by atoms with van der Waals surface area (Å²) in [5.74, 6) is 0. The highest BCUT2D eigenvalue weighted by molar-refractivity contribution is 5.83. The van der Waals surface area contributed by atoms with Gasteiger partial charge >= 0.3 is 6.09 Å². The van der Waals surface area contributed by atoms with Gasteiger partial charge in [-0.05, 0) is 38.8 Å². The maximum absolute atomic E-state index is 11.8. The van der Waals surface area contributed by atoms with Crippen LogP contribution in [0.3, 0.4) is 0 Å². The summed E-state index contributed by atoms with van der Waals surface area (Å²) in [4.78, 5) is 15.0.